The fourth-order valence-electron chi connectivity index (χ4n) is 4.16. The molecule has 2 aliphatic rings. The van der Waals surface area contributed by atoms with E-state index in [4.69, 9.17) is 9.47 Å². The van der Waals surface area contributed by atoms with E-state index in [-0.39, 0.29) is 24.2 Å². The monoisotopic (exact) mass is 399 g/mol. The lowest BCUT2D eigenvalue weighted by Crippen LogP contribution is -2.45. The number of carbonyl (C=O) groups excluding carboxylic acids is 1. The number of hydrogen-bond acceptors (Lipinski definition) is 4. The molecule has 2 aromatic rings. The van der Waals surface area contributed by atoms with Crippen LogP contribution in [0.5, 0.6) is 5.75 Å². The number of amides is 2. The third-order valence-electron chi connectivity index (χ3n) is 5.66. The van der Waals surface area contributed by atoms with E-state index >= 15 is 0 Å². The predicted molar refractivity (Wildman–Crippen MR) is 111 cm³/mol. The third-order valence-corrected chi connectivity index (χ3v) is 5.66. The number of urea groups is 1. The first-order valence-electron chi connectivity index (χ1n) is 10.6. The summed E-state index contributed by atoms with van der Waals surface area (Å²) in [5.74, 6) is 0.766. The fourth-order valence-corrected chi connectivity index (χ4v) is 4.16. The summed E-state index contributed by atoms with van der Waals surface area (Å²) in [7, 11) is 0. The number of H-pyrrole nitrogens is 1. The molecule has 0 bridgehead atoms. The quantitative estimate of drug-likeness (QED) is 0.810. The van der Waals surface area contributed by atoms with Gasteiger partial charge in [-0.25, -0.2) is 4.79 Å². The van der Waals surface area contributed by atoms with Gasteiger partial charge in [0, 0.05) is 42.7 Å². The summed E-state index contributed by atoms with van der Waals surface area (Å²) in [6, 6.07) is 7.50. The van der Waals surface area contributed by atoms with Gasteiger partial charge in [0.25, 0.3) is 5.56 Å². The van der Waals surface area contributed by atoms with E-state index in [9.17, 15) is 9.59 Å². The number of fused-ring (bicyclic) bond motifs is 1. The zero-order valence-electron chi connectivity index (χ0n) is 17.0. The van der Waals surface area contributed by atoms with Crippen molar-refractivity contribution >= 4 is 16.9 Å². The summed E-state index contributed by atoms with van der Waals surface area (Å²) >= 11 is 0. The molecule has 1 aromatic heterocycles. The minimum absolute atomic E-state index is 0.000522. The van der Waals surface area contributed by atoms with Gasteiger partial charge in [-0.1, -0.05) is 0 Å². The Morgan fingerprint density at radius 2 is 2.10 bits per heavy atom. The number of benzene rings is 1. The highest BCUT2D eigenvalue weighted by Crippen LogP contribution is 2.21. The van der Waals surface area contributed by atoms with Crippen LogP contribution in [-0.2, 0) is 11.3 Å². The van der Waals surface area contributed by atoms with Gasteiger partial charge in [0.05, 0.1) is 19.3 Å². The molecule has 3 heterocycles. The van der Waals surface area contributed by atoms with Gasteiger partial charge in [-0.2, -0.15) is 0 Å². The molecule has 2 aliphatic heterocycles. The minimum atomic E-state index is -0.159. The van der Waals surface area contributed by atoms with Crippen molar-refractivity contribution in [2.24, 2.45) is 0 Å². The Morgan fingerprint density at radius 1 is 1.28 bits per heavy atom. The molecule has 0 aliphatic carbocycles. The molecule has 0 saturated carbocycles. The Balaban J connectivity index is 1.60. The van der Waals surface area contributed by atoms with Crippen LogP contribution < -0.4 is 10.3 Å². The van der Waals surface area contributed by atoms with Crippen LogP contribution in [0.2, 0.25) is 0 Å². The van der Waals surface area contributed by atoms with E-state index in [1.165, 1.54) is 0 Å². The van der Waals surface area contributed by atoms with Crippen LogP contribution in [0.4, 0.5) is 4.79 Å². The van der Waals surface area contributed by atoms with Gasteiger partial charge in [0.15, 0.2) is 0 Å². The normalized spacial score (nSPS) is 19.1. The van der Waals surface area contributed by atoms with E-state index in [1.807, 2.05) is 36.1 Å². The summed E-state index contributed by atoms with van der Waals surface area (Å²) in [4.78, 5) is 32.4. The van der Waals surface area contributed by atoms with Crippen molar-refractivity contribution < 1.29 is 14.3 Å². The fraction of sp³-hybridized carbons (Fsp3) is 0.545. The molecule has 156 valence electrons. The van der Waals surface area contributed by atoms with Crippen molar-refractivity contribution in [2.75, 3.05) is 32.8 Å². The van der Waals surface area contributed by atoms with Crippen LogP contribution in [0.15, 0.2) is 29.1 Å². The van der Waals surface area contributed by atoms with E-state index in [1.54, 1.807) is 4.90 Å². The minimum Gasteiger partial charge on any atom is -0.494 e. The highest BCUT2D eigenvalue weighted by molar-refractivity contribution is 5.81. The molecule has 7 nitrogen and oxygen atoms in total. The summed E-state index contributed by atoms with van der Waals surface area (Å²) in [5.41, 5.74) is 1.18. The molecule has 1 atom stereocenters. The van der Waals surface area contributed by atoms with Crippen LogP contribution in [0.3, 0.4) is 0 Å². The third kappa shape index (κ3) is 4.56. The number of likely N-dealkylation sites (tertiary alicyclic amines) is 1. The van der Waals surface area contributed by atoms with Crippen LogP contribution in [0, 0.1) is 0 Å². The molecule has 0 spiro atoms. The number of nitrogens with zero attached hydrogens (tertiary/aromatic N) is 2. The molecule has 1 N–H and O–H groups in total. The number of aromatic nitrogens is 1. The zero-order valence-corrected chi connectivity index (χ0v) is 17.0. The van der Waals surface area contributed by atoms with E-state index in [2.05, 4.69) is 4.98 Å². The number of carbonyl (C=O) groups is 1. The largest absolute Gasteiger partial charge is 0.494 e. The van der Waals surface area contributed by atoms with Gasteiger partial charge in [0.1, 0.15) is 5.75 Å². The van der Waals surface area contributed by atoms with Crippen molar-refractivity contribution in [1.82, 2.24) is 14.8 Å². The Bertz CT molecular complexity index is 914. The van der Waals surface area contributed by atoms with Gasteiger partial charge < -0.3 is 24.3 Å². The SMILES string of the molecule is CCOc1ccc2[nH]c(=O)c(CN(CC3CCCO3)C(=O)N3CCCC3)cc2c1. The molecule has 2 fully saturated rings. The second kappa shape index (κ2) is 8.86. The lowest BCUT2D eigenvalue weighted by Gasteiger charge is -2.29. The Hall–Kier alpha value is -2.54. The maximum Gasteiger partial charge on any atom is 0.320 e. The zero-order chi connectivity index (χ0) is 20.2. The van der Waals surface area contributed by atoms with Crippen LogP contribution in [-0.4, -0.2) is 59.8 Å². The van der Waals surface area contributed by atoms with Gasteiger partial charge in [-0.15, -0.1) is 0 Å². The van der Waals surface area contributed by atoms with Gasteiger partial charge in [0.2, 0.25) is 0 Å². The number of pyridine rings is 1. The topological polar surface area (TPSA) is 74.9 Å². The van der Waals surface area contributed by atoms with Gasteiger partial charge >= 0.3 is 6.03 Å². The predicted octanol–water partition coefficient (Wildman–Crippen LogP) is 3.12. The summed E-state index contributed by atoms with van der Waals surface area (Å²) in [6.45, 7) is 5.63. The first-order chi connectivity index (χ1) is 14.1. The second-order valence-corrected chi connectivity index (χ2v) is 7.80. The van der Waals surface area contributed by atoms with Gasteiger partial charge in [-0.3, -0.25) is 4.79 Å². The molecule has 7 heteroatoms. The van der Waals surface area contributed by atoms with Crippen molar-refractivity contribution in [3.05, 3.63) is 40.2 Å². The molecule has 1 aromatic carbocycles. The summed E-state index contributed by atoms with van der Waals surface area (Å²) < 4.78 is 11.3. The molecular weight excluding hydrogens is 370 g/mol. The molecular formula is C22H29N3O4. The number of ether oxygens (including phenoxy) is 2. The van der Waals surface area contributed by atoms with E-state index in [0.29, 0.717) is 18.7 Å². The molecule has 0 radical (unpaired) electrons. The average Bonchev–Trinajstić information content (AvgIpc) is 3.42. The second-order valence-electron chi connectivity index (χ2n) is 7.80. The van der Waals surface area contributed by atoms with Crippen LogP contribution in [0.1, 0.15) is 38.2 Å². The lowest BCUT2D eigenvalue weighted by atomic mass is 10.1. The number of aromatic amines is 1. The molecule has 2 saturated heterocycles. The lowest BCUT2D eigenvalue weighted by molar-refractivity contribution is 0.0725. The van der Waals surface area contributed by atoms with Crippen molar-refractivity contribution in [3.8, 4) is 5.75 Å². The summed E-state index contributed by atoms with van der Waals surface area (Å²) in [5, 5.41) is 0.899. The van der Waals surface area contributed by atoms with Crippen LogP contribution in [0.25, 0.3) is 10.9 Å². The van der Waals surface area contributed by atoms with E-state index in [0.717, 1.165) is 62.0 Å². The Morgan fingerprint density at radius 3 is 2.83 bits per heavy atom. The highest BCUT2D eigenvalue weighted by atomic mass is 16.5. The highest BCUT2D eigenvalue weighted by Gasteiger charge is 2.28. The molecule has 1 unspecified atom stereocenters. The first kappa shape index (κ1) is 19.8. The first-order valence-corrected chi connectivity index (χ1v) is 10.6. The molecule has 2 amide bonds. The smallest absolute Gasteiger partial charge is 0.320 e. The Labute approximate surface area is 170 Å². The number of nitrogens with one attached hydrogen (secondary N) is 1. The molecule has 29 heavy (non-hydrogen) atoms. The Kier molecular flexibility index (Phi) is 6.04. The summed E-state index contributed by atoms with van der Waals surface area (Å²) in [6.07, 6.45) is 4.10. The van der Waals surface area contributed by atoms with Crippen molar-refractivity contribution in [3.63, 3.8) is 0 Å². The van der Waals surface area contributed by atoms with Crippen molar-refractivity contribution in [1.29, 1.82) is 0 Å². The maximum atomic E-state index is 13.1. The standard InChI is InChI=1S/C22H29N3O4/c1-2-28-18-7-8-20-16(13-18)12-17(21(26)23-20)14-25(15-19-6-5-11-29-19)22(27)24-9-3-4-10-24/h7-8,12-13,19H,2-6,9-11,14-15H2,1H3,(H,23,26). The van der Waals surface area contributed by atoms with Crippen molar-refractivity contribution in [2.45, 2.75) is 45.3 Å². The van der Waals surface area contributed by atoms with Gasteiger partial charge in [-0.05, 0) is 56.9 Å². The number of rotatable bonds is 6. The number of hydrogen-bond donors (Lipinski definition) is 1. The maximum absolute atomic E-state index is 13.1. The average molecular weight is 399 g/mol. The molecule has 4 rings (SSSR count). The van der Waals surface area contributed by atoms with E-state index < -0.39 is 0 Å². The van der Waals surface area contributed by atoms with Crippen LogP contribution >= 0.6 is 0 Å².